The Morgan fingerprint density at radius 1 is 1.36 bits per heavy atom. The fourth-order valence-corrected chi connectivity index (χ4v) is 3.20. The second-order valence-corrected chi connectivity index (χ2v) is 6.34. The molecule has 0 unspecified atom stereocenters. The molecular formula is C15H20N6S. The van der Waals surface area contributed by atoms with E-state index in [1.54, 1.807) is 15.9 Å². The van der Waals surface area contributed by atoms with E-state index in [9.17, 15) is 0 Å². The third-order valence-corrected chi connectivity index (χ3v) is 4.62. The predicted molar refractivity (Wildman–Crippen MR) is 89.5 cm³/mol. The number of hydrogen-bond acceptors (Lipinski definition) is 6. The number of aryl methyl sites for hydroxylation is 1. The minimum absolute atomic E-state index is 0.303. The summed E-state index contributed by atoms with van der Waals surface area (Å²) >= 11 is 1.72. The van der Waals surface area contributed by atoms with Crippen molar-refractivity contribution in [3.63, 3.8) is 0 Å². The van der Waals surface area contributed by atoms with Gasteiger partial charge in [0.25, 0.3) is 5.78 Å². The van der Waals surface area contributed by atoms with Crippen LogP contribution in [0, 0.1) is 13.8 Å². The Balaban J connectivity index is 1.90. The molecule has 0 bridgehead atoms. The molecule has 3 rings (SSSR count). The highest BCUT2D eigenvalue weighted by molar-refractivity contribution is 7.07. The molecule has 0 aliphatic carbocycles. The van der Waals surface area contributed by atoms with E-state index < -0.39 is 0 Å². The molecule has 3 aromatic heterocycles. The normalized spacial score (nSPS) is 13.0. The van der Waals surface area contributed by atoms with Gasteiger partial charge in [-0.3, -0.25) is 0 Å². The summed E-state index contributed by atoms with van der Waals surface area (Å²) in [6, 6.07) is 2.48. The fraction of sp³-hybridized carbons (Fsp3) is 0.400. The van der Waals surface area contributed by atoms with Crippen molar-refractivity contribution in [1.82, 2.24) is 24.5 Å². The first-order chi connectivity index (χ1) is 10.6. The van der Waals surface area contributed by atoms with Crippen LogP contribution in [0.2, 0.25) is 0 Å². The van der Waals surface area contributed by atoms with Crippen LogP contribution in [0.5, 0.6) is 0 Å². The Morgan fingerprint density at radius 2 is 2.18 bits per heavy atom. The highest BCUT2D eigenvalue weighted by atomic mass is 32.1. The van der Waals surface area contributed by atoms with Gasteiger partial charge in [0.05, 0.1) is 6.04 Å². The zero-order valence-corrected chi connectivity index (χ0v) is 14.1. The Bertz CT molecular complexity index is 762. The third-order valence-electron chi connectivity index (χ3n) is 3.92. The van der Waals surface area contributed by atoms with Crippen LogP contribution in [0.1, 0.15) is 22.9 Å². The minimum atomic E-state index is 0.303. The van der Waals surface area contributed by atoms with Gasteiger partial charge in [-0.2, -0.15) is 25.9 Å². The van der Waals surface area contributed by atoms with Crippen molar-refractivity contribution in [3.05, 3.63) is 40.0 Å². The van der Waals surface area contributed by atoms with E-state index in [0.29, 0.717) is 11.8 Å². The molecule has 0 aromatic carbocycles. The maximum atomic E-state index is 4.45. The first kappa shape index (κ1) is 14.9. The van der Waals surface area contributed by atoms with Gasteiger partial charge >= 0.3 is 0 Å². The number of hydrogen-bond donors (Lipinski definition) is 1. The Morgan fingerprint density at radius 3 is 2.86 bits per heavy atom. The number of nitrogens with one attached hydrogen (secondary N) is 1. The van der Waals surface area contributed by atoms with Crippen LogP contribution in [0.4, 0.5) is 5.82 Å². The van der Waals surface area contributed by atoms with Gasteiger partial charge in [0.1, 0.15) is 12.1 Å². The van der Waals surface area contributed by atoms with Crippen molar-refractivity contribution < 1.29 is 0 Å². The number of fused-ring (bicyclic) bond motifs is 1. The van der Waals surface area contributed by atoms with E-state index in [-0.39, 0.29) is 0 Å². The van der Waals surface area contributed by atoms with Crippen LogP contribution >= 0.6 is 11.3 Å². The molecule has 116 valence electrons. The summed E-state index contributed by atoms with van der Waals surface area (Å²) in [7, 11) is 4.19. The molecule has 7 heteroatoms. The number of aromatic nitrogens is 4. The Labute approximate surface area is 133 Å². The van der Waals surface area contributed by atoms with Crippen molar-refractivity contribution in [3.8, 4) is 0 Å². The summed E-state index contributed by atoms with van der Waals surface area (Å²) in [5.41, 5.74) is 3.39. The molecule has 0 saturated heterocycles. The average molecular weight is 316 g/mol. The number of nitrogens with zero attached hydrogens (tertiary/aromatic N) is 5. The molecule has 0 radical (unpaired) electrons. The zero-order valence-electron chi connectivity index (χ0n) is 13.2. The lowest BCUT2D eigenvalue weighted by Crippen LogP contribution is -2.27. The van der Waals surface area contributed by atoms with Crippen LogP contribution in [-0.2, 0) is 0 Å². The summed E-state index contributed by atoms with van der Waals surface area (Å²) < 4.78 is 1.77. The van der Waals surface area contributed by atoms with Crippen molar-refractivity contribution in [2.75, 3.05) is 26.0 Å². The molecular weight excluding hydrogens is 296 g/mol. The largest absolute Gasteiger partial charge is 0.368 e. The lowest BCUT2D eigenvalue weighted by molar-refractivity contribution is 0.312. The van der Waals surface area contributed by atoms with Gasteiger partial charge in [0, 0.05) is 17.8 Å². The van der Waals surface area contributed by atoms with Crippen molar-refractivity contribution in [2.24, 2.45) is 0 Å². The number of thiophene rings is 1. The quantitative estimate of drug-likeness (QED) is 0.784. The first-order valence-electron chi connectivity index (χ1n) is 7.17. The fourth-order valence-electron chi connectivity index (χ4n) is 2.50. The molecule has 0 saturated carbocycles. The number of anilines is 1. The standard InChI is InChI=1S/C15H20N6S/c1-10-11(2)19-15-17-9-18-21(15)14(10)16-7-13(20(3)4)12-5-6-22-8-12/h5-6,8-9,13,16H,7H2,1-4H3/t13-/m0/s1. The monoisotopic (exact) mass is 316 g/mol. The van der Waals surface area contributed by atoms with Crippen LogP contribution < -0.4 is 5.32 Å². The van der Waals surface area contributed by atoms with Gasteiger partial charge in [0.2, 0.25) is 0 Å². The molecule has 0 aliphatic rings. The van der Waals surface area contributed by atoms with E-state index in [4.69, 9.17) is 0 Å². The van der Waals surface area contributed by atoms with Crippen LogP contribution in [0.15, 0.2) is 23.2 Å². The molecule has 0 fully saturated rings. The Hall–Kier alpha value is -1.99. The molecule has 3 aromatic rings. The SMILES string of the molecule is Cc1nc2ncnn2c(NC[C@@H](c2ccsc2)N(C)C)c1C. The van der Waals surface area contributed by atoms with Gasteiger partial charge in [-0.15, -0.1) is 0 Å². The Kier molecular flexibility index (Phi) is 4.08. The smallest absolute Gasteiger partial charge is 0.254 e. The highest BCUT2D eigenvalue weighted by Gasteiger charge is 2.17. The van der Waals surface area contributed by atoms with Gasteiger partial charge < -0.3 is 10.2 Å². The van der Waals surface area contributed by atoms with E-state index >= 15 is 0 Å². The predicted octanol–water partition coefficient (Wildman–Crippen LogP) is 2.52. The number of rotatable bonds is 5. The average Bonchev–Trinajstić information content (AvgIpc) is 3.13. The molecule has 0 spiro atoms. The van der Waals surface area contributed by atoms with E-state index in [0.717, 1.165) is 23.6 Å². The van der Waals surface area contributed by atoms with E-state index in [1.807, 2.05) is 6.92 Å². The maximum absolute atomic E-state index is 4.45. The second kappa shape index (κ2) is 6.02. The summed E-state index contributed by atoms with van der Waals surface area (Å²) in [6.45, 7) is 4.85. The third kappa shape index (κ3) is 2.69. The molecule has 1 N–H and O–H groups in total. The van der Waals surface area contributed by atoms with E-state index in [1.165, 1.54) is 11.9 Å². The van der Waals surface area contributed by atoms with Crippen molar-refractivity contribution >= 4 is 22.9 Å². The first-order valence-corrected chi connectivity index (χ1v) is 8.11. The van der Waals surface area contributed by atoms with Crippen molar-refractivity contribution in [1.29, 1.82) is 0 Å². The lowest BCUT2D eigenvalue weighted by atomic mass is 10.1. The topological polar surface area (TPSA) is 58.4 Å². The van der Waals surface area contributed by atoms with E-state index in [2.05, 4.69) is 63.1 Å². The number of likely N-dealkylation sites (N-methyl/N-ethyl adjacent to an activating group) is 1. The van der Waals surface area contributed by atoms with Crippen LogP contribution in [0.3, 0.4) is 0 Å². The van der Waals surface area contributed by atoms with Gasteiger partial charge in [-0.05, 0) is 50.3 Å². The van der Waals surface area contributed by atoms with Gasteiger partial charge in [0.15, 0.2) is 0 Å². The summed E-state index contributed by atoms with van der Waals surface area (Å²) in [5, 5.41) is 12.1. The highest BCUT2D eigenvalue weighted by Crippen LogP contribution is 2.23. The van der Waals surface area contributed by atoms with Crippen LogP contribution in [-0.4, -0.2) is 45.1 Å². The molecule has 6 nitrogen and oxygen atoms in total. The lowest BCUT2D eigenvalue weighted by Gasteiger charge is -2.25. The van der Waals surface area contributed by atoms with Gasteiger partial charge in [-0.25, -0.2) is 4.98 Å². The molecule has 0 aliphatic heterocycles. The van der Waals surface area contributed by atoms with Crippen molar-refractivity contribution in [2.45, 2.75) is 19.9 Å². The zero-order chi connectivity index (χ0) is 15.7. The molecule has 0 amide bonds. The summed E-state index contributed by atoms with van der Waals surface area (Å²) in [6.07, 6.45) is 1.54. The molecule has 22 heavy (non-hydrogen) atoms. The van der Waals surface area contributed by atoms with Crippen LogP contribution in [0.25, 0.3) is 5.78 Å². The maximum Gasteiger partial charge on any atom is 0.254 e. The molecule has 1 atom stereocenters. The van der Waals surface area contributed by atoms with Gasteiger partial charge in [-0.1, -0.05) is 0 Å². The summed E-state index contributed by atoms with van der Waals surface area (Å²) in [5.74, 6) is 1.59. The molecule has 3 heterocycles. The second-order valence-electron chi connectivity index (χ2n) is 5.56. The summed E-state index contributed by atoms with van der Waals surface area (Å²) in [4.78, 5) is 10.9. The minimum Gasteiger partial charge on any atom is -0.368 e.